The quantitative estimate of drug-likeness (QED) is 0.598. The van der Waals surface area contributed by atoms with Crippen molar-refractivity contribution in [1.82, 2.24) is 5.32 Å². The number of fused-ring (bicyclic) bond motifs is 1. The highest BCUT2D eigenvalue weighted by molar-refractivity contribution is 5.69. The van der Waals surface area contributed by atoms with E-state index in [2.05, 4.69) is 5.32 Å². The third-order valence-electron chi connectivity index (χ3n) is 2.84. The van der Waals surface area contributed by atoms with Gasteiger partial charge in [0.15, 0.2) is 11.5 Å². The van der Waals surface area contributed by atoms with Crippen LogP contribution in [0.5, 0.6) is 11.5 Å². The highest BCUT2D eigenvalue weighted by atomic mass is 16.7. The summed E-state index contributed by atoms with van der Waals surface area (Å²) in [5, 5.41) is 3.22. The average molecular weight is 265 g/mol. The number of hydrogen-bond donors (Lipinski definition) is 1. The molecule has 5 heteroatoms. The molecule has 0 aliphatic carbocycles. The predicted octanol–water partition coefficient (Wildman–Crippen LogP) is 1.50. The summed E-state index contributed by atoms with van der Waals surface area (Å²) in [7, 11) is 0. The summed E-state index contributed by atoms with van der Waals surface area (Å²) in [5.41, 5.74) is 1.19. The second-order valence-corrected chi connectivity index (χ2v) is 4.24. The Bertz CT molecular complexity index is 433. The minimum absolute atomic E-state index is 0.155. The number of carbonyl (C=O) groups is 1. The third-order valence-corrected chi connectivity index (χ3v) is 2.84. The van der Waals surface area contributed by atoms with Crippen LogP contribution in [0.4, 0.5) is 0 Å². The maximum atomic E-state index is 11.1. The molecule has 0 radical (unpaired) electrons. The number of rotatable bonds is 7. The highest BCUT2D eigenvalue weighted by Gasteiger charge is 2.12. The van der Waals surface area contributed by atoms with Crippen molar-refractivity contribution in [2.75, 3.05) is 26.5 Å². The van der Waals surface area contributed by atoms with Gasteiger partial charge in [-0.25, -0.2) is 0 Å². The van der Waals surface area contributed by atoms with E-state index < -0.39 is 0 Å². The maximum Gasteiger partial charge on any atom is 0.307 e. The fourth-order valence-corrected chi connectivity index (χ4v) is 1.88. The van der Waals surface area contributed by atoms with Gasteiger partial charge < -0.3 is 19.5 Å². The highest BCUT2D eigenvalue weighted by Crippen LogP contribution is 2.32. The van der Waals surface area contributed by atoms with Crippen molar-refractivity contribution in [2.24, 2.45) is 0 Å². The van der Waals surface area contributed by atoms with Gasteiger partial charge in [-0.05, 0) is 37.6 Å². The minimum atomic E-state index is -0.155. The molecule has 1 N–H and O–H groups in total. The van der Waals surface area contributed by atoms with Crippen molar-refractivity contribution in [3.8, 4) is 11.5 Å². The zero-order chi connectivity index (χ0) is 13.5. The molecule has 1 aliphatic rings. The zero-order valence-corrected chi connectivity index (χ0v) is 11.1. The molecule has 0 amide bonds. The van der Waals surface area contributed by atoms with Gasteiger partial charge in [-0.3, -0.25) is 4.79 Å². The van der Waals surface area contributed by atoms with Crippen molar-refractivity contribution >= 4 is 5.97 Å². The second kappa shape index (κ2) is 6.99. The Kier molecular flexibility index (Phi) is 5.03. The fraction of sp³-hybridized carbons (Fsp3) is 0.500. The summed E-state index contributed by atoms with van der Waals surface area (Å²) in [4.78, 5) is 11.1. The van der Waals surface area contributed by atoms with E-state index in [-0.39, 0.29) is 5.97 Å². The molecule has 0 spiro atoms. The number of ether oxygens (including phenoxy) is 3. The van der Waals surface area contributed by atoms with Crippen LogP contribution in [0.25, 0.3) is 0 Å². The lowest BCUT2D eigenvalue weighted by Gasteiger charge is -2.05. The number of carbonyl (C=O) groups excluding carboxylic acids is 1. The van der Waals surface area contributed by atoms with Gasteiger partial charge >= 0.3 is 5.97 Å². The molecule has 0 atom stereocenters. The Morgan fingerprint density at radius 1 is 1.32 bits per heavy atom. The number of esters is 1. The van der Waals surface area contributed by atoms with E-state index in [4.69, 9.17) is 14.2 Å². The van der Waals surface area contributed by atoms with Crippen LogP contribution in [0, 0.1) is 0 Å². The third kappa shape index (κ3) is 4.13. The molecule has 0 saturated heterocycles. The molecule has 2 rings (SSSR count). The Morgan fingerprint density at radius 2 is 2.16 bits per heavy atom. The van der Waals surface area contributed by atoms with E-state index in [9.17, 15) is 4.79 Å². The first-order chi connectivity index (χ1) is 9.29. The van der Waals surface area contributed by atoms with E-state index >= 15 is 0 Å². The largest absolute Gasteiger partial charge is 0.466 e. The molecular weight excluding hydrogens is 246 g/mol. The smallest absolute Gasteiger partial charge is 0.307 e. The second-order valence-electron chi connectivity index (χ2n) is 4.24. The van der Waals surface area contributed by atoms with Crippen LogP contribution < -0.4 is 14.8 Å². The zero-order valence-electron chi connectivity index (χ0n) is 11.1. The first-order valence-corrected chi connectivity index (χ1v) is 6.54. The van der Waals surface area contributed by atoms with E-state index in [1.807, 2.05) is 25.1 Å². The molecule has 1 heterocycles. The SMILES string of the molecule is CCOC(=O)CCNCCc1ccc2c(c1)OCO2. The molecule has 1 aromatic carbocycles. The molecule has 104 valence electrons. The van der Waals surface area contributed by atoms with Crippen LogP contribution in [0.3, 0.4) is 0 Å². The van der Waals surface area contributed by atoms with E-state index in [1.54, 1.807) is 0 Å². The topological polar surface area (TPSA) is 56.8 Å². The standard InChI is InChI=1S/C14H19NO4/c1-2-17-14(16)6-8-15-7-5-11-3-4-12-13(9-11)19-10-18-12/h3-4,9,15H,2,5-8,10H2,1H3. The Balaban J connectivity index is 1.65. The van der Waals surface area contributed by atoms with Gasteiger partial charge in [0, 0.05) is 6.54 Å². The Labute approximate surface area is 112 Å². The molecule has 19 heavy (non-hydrogen) atoms. The normalized spacial score (nSPS) is 12.5. The molecule has 0 aromatic heterocycles. The van der Waals surface area contributed by atoms with Gasteiger partial charge in [0.25, 0.3) is 0 Å². The van der Waals surface area contributed by atoms with E-state index in [0.29, 0.717) is 26.4 Å². The van der Waals surface area contributed by atoms with Crippen LogP contribution in [-0.4, -0.2) is 32.5 Å². The maximum absolute atomic E-state index is 11.1. The van der Waals surface area contributed by atoms with Gasteiger partial charge in [0.05, 0.1) is 13.0 Å². The molecular formula is C14H19NO4. The summed E-state index contributed by atoms with van der Waals surface area (Å²) in [6, 6.07) is 5.95. The van der Waals surface area contributed by atoms with E-state index in [0.717, 1.165) is 24.5 Å². The molecule has 0 saturated carbocycles. The van der Waals surface area contributed by atoms with Gasteiger partial charge in [-0.1, -0.05) is 6.07 Å². The van der Waals surface area contributed by atoms with Gasteiger partial charge in [-0.15, -0.1) is 0 Å². The molecule has 5 nitrogen and oxygen atoms in total. The number of nitrogens with one attached hydrogen (secondary N) is 1. The number of benzene rings is 1. The van der Waals surface area contributed by atoms with Crippen LogP contribution >= 0.6 is 0 Å². The van der Waals surface area contributed by atoms with Crippen molar-refractivity contribution in [1.29, 1.82) is 0 Å². The fourth-order valence-electron chi connectivity index (χ4n) is 1.88. The lowest BCUT2D eigenvalue weighted by Crippen LogP contribution is -2.21. The molecule has 0 fully saturated rings. The molecule has 1 aromatic rings. The number of hydrogen-bond acceptors (Lipinski definition) is 5. The summed E-state index contributed by atoms with van der Waals surface area (Å²) in [5.74, 6) is 1.46. The van der Waals surface area contributed by atoms with Crippen molar-refractivity contribution in [2.45, 2.75) is 19.8 Å². The Hall–Kier alpha value is -1.75. The van der Waals surface area contributed by atoms with Gasteiger partial charge in [0.1, 0.15) is 0 Å². The van der Waals surface area contributed by atoms with Gasteiger partial charge in [-0.2, -0.15) is 0 Å². The van der Waals surface area contributed by atoms with Crippen molar-refractivity contribution < 1.29 is 19.0 Å². The van der Waals surface area contributed by atoms with Crippen LogP contribution in [0.15, 0.2) is 18.2 Å². The van der Waals surface area contributed by atoms with Crippen molar-refractivity contribution in [3.05, 3.63) is 23.8 Å². The lowest BCUT2D eigenvalue weighted by molar-refractivity contribution is -0.142. The minimum Gasteiger partial charge on any atom is -0.466 e. The van der Waals surface area contributed by atoms with Crippen LogP contribution in [0.1, 0.15) is 18.9 Å². The average Bonchev–Trinajstić information content (AvgIpc) is 2.86. The van der Waals surface area contributed by atoms with Crippen molar-refractivity contribution in [3.63, 3.8) is 0 Å². The summed E-state index contributed by atoms with van der Waals surface area (Å²) in [6.45, 7) is 4.01. The first-order valence-electron chi connectivity index (χ1n) is 6.54. The van der Waals surface area contributed by atoms with Gasteiger partial charge in [0.2, 0.25) is 6.79 Å². The lowest BCUT2D eigenvalue weighted by atomic mass is 10.1. The first kappa shape index (κ1) is 13.7. The van der Waals surface area contributed by atoms with E-state index in [1.165, 1.54) is 5.56 Å². The predicted molar refractivity (Wildman–Crippen MR) is 70.4 cm³/mol. The summed E-state index contributed by atoms with van der Waals surface area (Å²) >= 11 is 0. The summed E-state index contributed by atoms with van der Waals surface area (Å²) < 4.78 is 15.4. The molecule has 1 aliphatic heterocycles. The molecule has 0 unspecified atom stereocenters. The summed E-state index contributed by atoms with van der Waals surface area (Å²) in [6.07, 6.45) is 1.30. The monoisotopic (exact) mass is 265 g/mol. The van der Waals surface area contributed by atoms with Crippen LogP contribution in [-0.2, 0) is 16.0 Å². The Morgan fingerprint density at radius 3 is 3.00 bits per heavy atom. The molecule has 0 bridgehead atoms. The van der Waals surface area contributed by atoms with Crippen LogP contribution in [0.2, 0.25) is 0 Å².